The van der Waals surface area contributed by atoms with Crippen LogP contribution in [0.15, 0.2) is 17.1 Å². The highest BCUT2D eigenvalue weighted by molar-refractivity contribution is 9.10. The molecule has 0 saturated carbocycles. The van der Waals surface area contributed by atoms with E-state index >= 15 is 0 Å². The smallest absolute Gasteiger partial charge is 0.161 e. The molecule has 0 amide bonds. The topological polar surface area (TPSA) is 39.9 Å². The van der Waals surface area contributed by atoms with E-state index in [2.05, 4.69) is 38.7 Å². The highest BCUT2D eigenvalue weighted by Crippen LogP contribution is 2.29. The molecular weight excluding hydrogens is 306 g/mol. The quantitative estimate of drug-likeness (QED) is 0.843. The number of aromatic nitrogens is 3. The summed E-state index contributed by atoms with van der Waals surface area (Å²) in [5, 5.41) is 5.62. The Hall–Kier alpha value is -1.20. The van der Waals surface area contributed by atoms with Crippen molar-refractivity contribution in [3.8, 4) is 0 Å². The molecule has 0 radical (unpaired) electrons. The van der Waals surface area contributed by atoms with E-state index in [0.29, 0.717) is 0 Å². The SMILES string of the molecule is C=Cc1nn(C2CCCCO2)c2nc(C)c(Br)cc12. The molecule has 4 nitrogen and oxygen atoms in total. The second-order valence-electron chi connectivity index (χ2n) is 4.78. The van der Waals surface area contributed by atoms with Crippen LogP contribution in [0.1, 0.15) is 36.9 Å². The summed E-state index contributed by atoms with van der Waals surface area (Å²) in [6, 6.07) is 2.06. The molecule has 0 aliphatic carbocycles. The van der Waals surface area contributed by atoms with Crippen LogP contribution in [-0.4, -0.2) is 21.4 Å². The monoisotopic (exact) mass is 321 g/mol. The van der Waals surface area contributed by atoms with Crippen molar-refractivity contribution in [2.45, 2.75) is 32.4 Å². The molecule has 1 fully saturated rings. The van der Waals surface area contributed by atoms with E-state index in [0.717, 1.165) is 46.3 Å². The van der Waals surface area contributed by atoms with Gasteiger partial charge in [-0.2, -0.15) is 5.10 Å². The van der Waals surface area contributed by atoms with Crippen LogP contribution in [0, 0.1) is 6.92 Å². The number of nitrogens with zero attached hydrogens (tertiary/aromatic N) is 3. The molecule has 1 aliphatic rings. The molecule has 2 aromatic rings. The summed E-state index contributed by atoms with van der Waals surface area (Å²) < 4.78 is 8.71. The third-order valence-corrected chi connectivity index (χ3v) is 4.26. The molecule has 1 aliphatic heterocycles. The van der Waals surface area contributed by atoms with Gasteiger partial charge < -0.3 is 4.74 Å². The number of aryl methyl sites for hydroxylation is 1. The molecule has 0 spiro atoms. The van der Waals surface area contributed by atoms with Crippen molar-refractivity contribution in [2.24, 2.45) is 0 Å². The molecule has 1 unspecified atom stereocenters. The Morgan fingerprint density at radius 1 is 1.53 bits per heavy atom. The van der Waals surface area contributed by atoms with Gasteiger partial charge in [-0.15, -0.1) is 0 Å². The minimum Gasteiger partial charge on any atom is -0.356 e. The Kier molecular flexibility index (Phi) is 3.41. The van der Waals surface area contributed by atoms with Crippen molar-refractivity contribution in [1.29, 1.82) is 0 Å². The second-order valence-corrected chi connectivity index (χ2v) is 5.64. The van der Waals surface area contributed by atoms with E-state index in [1.54, 1.807) is 6.08 Å². The van der Waals surface area contributed by atoms with E-state index in [9.17, 15) is 0 Å². The molecular formula is C14H16BrN3O. The number of rotatable bonds is 2. The van der Waals surface area contributed by atoms with E-state index in [1.165, 1.54) is 6.42 Å². The first-order valence-electron chi connectivity index (χ1n) is 6.50. The van der Waals surface area contributed by atoms with E-state index in [1.807, 2.05) is 11.6 Å². The number of ether oxygens (including phenoxy) is 1. The normalized spacial score (nSPS) is 19.8. The Labute approximate surface area is 120 Å². The lowest BCUT2D eigenvalue weighted by atomic mass is 10.2. The van der Waals surface area contributed by atoms with Gasteiger partial charge in [0.25, 0.3) is 0 Å². The predicted octanol–water partition coefficient (Wildman–Crippen LogP) is 3.84. The van der Waals surface area contributed by atoms with Gasteiger partial charge in [0.1, 0.15) is 0 Å². The van der Waals surface area contributed by atoms with Crippen LogP contribution >= 0.6 is 15.9 Å². The van der Waals surface area contributed by atoms with Crippen LogP contribution in [0.5, 0.6) is 0 Å². The summed E-state index contributed by atoms with van der Waals surface area (Å²) in [6.07, 6.45) is 5.06. The lowest BCUT2D eigenvalue weighted by molar-refractivity contribution is -0.0370. The van der Waals surface area contributed by atoms with Gasteiger partial charge in [0.15, 0.2) is 11.9 Å². The Morgan fingerprint density at radius 3 is 3.05 bits per heavy atom. The molecule has 0 bridgehead atoms. The molecule has 5 heteroatoms. The third-order valence-electron chi connectivity index (χ3n) is 3.46. The van der Waals surface area contributed by atoms with Crippen molar-refractivity contribution >= 4 is 33.0 Å². The van der Waals surface area contributed by atoms with Crippen molar-refractivity contribution in [3.05, 3.63) is 28.5 Å². The molecule has 2 aromatic heterocycles. The Balaban J connectivity index is 2.18. The number of pyridine rings is 1. The molecule has 1 atom stereocenters. The summed E-state index contributed by atoms with van der Waals surface area (Å²) in [7, 11) is 0. The van der Waals surface area contributed by atoms with Crippen molar-refractivity contribution < 1.29 is 4.74 Å². The van der Waals surface area contributed by atoms with Crippen LogP contribution in [0.3, 0.4) is 0 Å². The van der Waals surface area contributed by atoms with Crippen molar-refractivity contribution in [2.75, 3.05) is 6.61 Å². The minimum atomic E-state index is -0.00183. The van der Waals surface area contributed by atoms with Crippen LogP contribution in [0.25, 0.3) is 17.1 Å². The summed E-state index contributed by atoms with van der Waals surface area (Å²) in [5.41, 5.74) is 2.69. The van der Waals surface area contributed by atoms with Gasteiger partial charge in [0.05, 0.1) is 11.4 Å². The predicted molar refractivity (Wildman–Crippen MR) is 78.9 cm³/mol. The summed E-state index contributed by atoms with van der Waals surface area (Å²) in [5.74, 6) is 0. The van der Waals surface area contributed by atoms with Gasteiger partial charge in [0, 0.05) is 16.5 Å². The van der Waals surface area contributed by atoms with Crippen molar-refractivity contribution in [1.82, 2.24) is 14.8 Å². The van der Waals surface area contributed by atoms with Gasteiger partial charge in [-0.3, -0.25) is 0 Å². The van der Waals surface area contributed by atoms with Gasteiger partial charge in [0.2, 0.25) is 0 Å². The third kappa shape index (κ3) is 2.21. The van der Waals surface area contributed by atoms with Crippen LogP contribution in [0.2, 0.25) is 0 Å². The lowest BCUT2D eigenvalue weighted by Gasteiger charge is -2.23. The number of hydrogen-bond acceptors (Lipinski definition) is 3. The molecule has 0 aromatic carbocycles. The number of fused-ring (bicyclic) bond motifs is 1. The molecule has 3 rings (SSSR count). The summed E-state index contributed by atoms with van der Waals surface area (Å²) in [6.45, 7) is 6.61. The minimum absolute atomic E-state index is 0.00183. The van der Waals surface area contributed by atoms with Crippen LogP contribution < -0.4 is 0 Å². The lowest BCUT2D eigenvalue weighted by Crippen LogP contribution is -2.19. The van der Waals surface area contributed by atoms with Gasteiger partial charge >= 0.3 is 0 Å². The maximum atomic E-state index is 5.81. The van der Waals surface area contributed by atoms with Gasteiger partial charge in [-0.1, -0.05) is 6.58 Å². The Morgan fingerprint density at radius 2 is 2.37 bits per heavy atom. The largest absolute Gasteiger partial charge is 0.356 e. The zero-order valence-electron chi connectivity index (χ0n) is 10.9. The average Bonchev–Trinajstić information content (AvgIpc) is 2.78. The number of hydrogen-bond donors (Lipinski definition) is 0. The molecule has 0 N–H and O–H groups in total. The fraction of sp³-hybridized carbons (Fsp3) is 0.429. The van der Waals surface area contributed by atoms with Gasteiger partial charge in [-0.05, 0) is 54.3 Å². The fourth-order valence-corrected chi connectivity index (χ4v) is 2.73. The van der Waals surface area contributed by atoms with E-state index in [4.69, 9.17) is 4.74 Å². The van der Waals surface area contributed by atoms with Crippen molar-refractivity contribution in [3.63, 3.8) is 0 Å². The zero-order valence-corrected chi connectivity index (χ0v) is 12.5. The first-order chi connectivity index (χ1) is 9.20. The molecule has 1 saturated heterocycles. The first-order valence-corrected chi connectivity index (χ1v) is 7.29. The summed E-state index contributed by atoms with van der Waals surface area (Å²) in [4.78, 5) is 4.64. The Bertz CT molecular complexity index is 629. The first kappa shape index (κ1) is 12.8. The van der Waals surface area contributed by atoms with Gasteiger partial charge in [-0.25, -0.2) is 9.67 Å². The van der Waals surface area contributed by atoms with Crippen LogP contribution in [-0.2, 0) is 4.74 Å². The standard InChI is InChI=1S/C14H16BrN3O/c1-3-12-10-8-11(15)9(2)16-14(10)18(17-12)13-6-4-5-7-19-13/h3,8,13H,1,4-7H2,2H3. The van der Waals surface area contributed by atoms with E-state index in [-0.39, 0.29) is 6.23 Å². The van der Waals surface area contributed by atoms with Crippen LogP contribution in [0.4, 0.5) is 0 Å². The fourth-order valence-electron chi connectivity index (χ4n) is 2.42. The molecule has 3 heterocycles. The number of halogens is 1. The highest BCUT2D eigenvalue weighted by atomic mass is 79.9. The maximum absolute atomic E-state index is 5.81. The second kappa shape index (κ2) is 5.06. The highest BCUT2D eigenvalue weighted by Gasteiger charge is 2.21. The summed E-state index contributed by atoms with van der Waals surface area (Å²) >= 11 is 3.52. The van der Waals surface area contributed by atoms with E-state index < -0.39 is 0 Å². The zero-order chi connectivity index (χ0) is 13.4. The average molecular weight is 322 g/mol. The molecule has 100 valence electrons. The molecule has 19 heavy (non-hydrogen) atoms. The maximum Gasteiger partial charge on any atom is 0.161 e.